The van der Waals surface area contributed by atoms with Gasteiger partial charge in [-0.05, 0) is 12.1 Å². The van der Waals surface area contributed by atoms with Crippen LogP contribution in [0.25, 0.3) is 16.9 Å². The minimum absolute atomic E-state index is 0.536. The normalized spacial score (nSPS) is 10.8. The number of nitrogens with zero attached hydrogens (tertiary/aromatic N) is 4. The van der Waals surface area contributed by atoms with Gasteiger partial charge in [-0.1, -0.05) is 11.6 Å². The van der Waals surface area contributed by atoms with Crippen molar-refractivity contribution in [2.24, 2.45) is 0 Å². The average molecular weight is 231 g/mol. The van der Waals surface area contributed by atoms with Crippen LogP contribution < -0.4 is 0 Å². The van der Waals surface area contributed by atoms with Crippen LogP contribution >= 0.6 is 11.6 Å². The third-order valence-corrected chi connectivity index (χ3v) is 2.54. The van der Waals surface area contributed by atoms with Crippen molar-refractivity contribution in [3.8, 4) is 11.3 Å². The monoisotopic (exact) mass is 230 g/mol. The third kappa shape index (κ3) is 1.44. The summed E-state index contributed by atoms with van der Waals surface area (Å²) in [7, 11) is 0. The standard InChI is InChI=1S/C11H7ClN4/c12-10-6-9(8-2-1-4-13-7-8)15-11-3-5-14-16(10)11/h1-7H. The van der Waals surface area contributed by atoms with Crippen molar-refractivity contribution in [1.82, 2.24) is 19.6 Å². The highest BCUT2D eigenvalue weighted by atomic mass is 35.5. The first kappa shape index (κ1) is 9.30. The first-order valence-electron chi connectivity index (χ1n) is 4.75. The molecule has 0 unspecified atom stereocenters. The highest BCUT2D eigenvalue weighted by Gasteiger charge is 2.05. The molecule has 0 spiro atoms. The summed E-state index contributed by atoms with van der Waals surface area (Å²) in [5.41, 5.74) is 2.46. The summed E-state index contributed by atoms with van der Waals surface area (Å²) in [6.07, 6.45) is 5.15. The van der Waals surface area contributed by atoms with Gasteiger partial charge in [0.05, 0.1) is 11.9 Å². The van der Waals surface area contributed by atoms with Gasteiger partial charge in [0.2, 0.25) is 0 Å². The van der Waals surface area contributed by atoms with Crippen molar-refractivity contribution in [3.63, 3.8) is 0 Å². The Morgan fingerprint density at radius 3 is 2.94 bits per heavy atom. The molecule has 3 rings (SSSR count). The summed E-state index contributed by atoms with van der Waals surface area (Å²) in [6, 6.07) is 7.40. The van der Waals surface area contributed by atoms with Crippen molar-refractivity contribution < 1.29 is 0 Å². The largest absolute Gasteiger partial charge is 0.264 e. The number of pyridine rings is 1. The van der Waals surface area contributed by atoms with Crippen LogP contribution in [0.5, 0.6) is 0 Å². The van der Waals surface area contributed by atoms with Crippen molar-refractivity contribution >= 4 is 17.2 Å². The molecule has 5 heteroatoms. The van der Waals surface area contributed by atoms with Gasteiger partial charge in [0.25, 0.3) is 0 Å². The Morgan fingerprint density at radius 2 is 2.12 bits per heavy atom. The minimum Gasteiger partial charge on any atom is -0.264 e. The van der Waals surface area contributed by atoms with Crippen molar-refractivity contribution in [2.45, 2.75) is 0 Å². The van der Waals surface area contributed by atoms with Crippen LogP contribution in [0.15, 0.2) is 42.9 Å². The quantitative estimate of drug-likeness (QED) is 0.603. The Balaban J connectivity index is 2.25. The predicted octanol–water partition coefficient (Wildman–Crippen LogP) is 2.44. The van der Waals surface area contributed by atoms with E-state index in [2.05, 4.69) is 15.1 Å². The number of halogens is 1. The predicted molar refractivity (Wildman–Crippen MR) is 61.2 cm³/mol. The molecule has 0 amide bonds. The molecule has 0 radical (unpaired) electrons. The van der Waals surface area contributed by atoms with E-state index in [0.29, 0.717) is 5.15 Å². The van der Waals surface area contributed by atoms with Gasteiger partial charge in [-0.2, -0.15) is 5.10 Å². The molecule has 0 aliphatic rings. The molecule has 0 aromatic carbocycles. The van der Waals surface area contributed by atoms with Gasteiger partial charge in [0.1, 0.15) is 5.15 Å². The molecule has 0 N–H and O–H groups in total. The molecule has 3 aromatic heterocycles. The average Bonchev–Trinajstić information content (AvgIpc) is 2.79. The molecule has 0 atom stereocenters. The fourth-order valence-corrected chi connectivity index (χ4v) is 1.77. The lowest BCUT2D eigenvalue weighted by Gasteiger charge is -2.02. The van der Waals surface area contributed by atoms with E-state index in [1.54, 1.807) is 29.2 Å². The van der Waals surface area contributed by atoms with Crippen molar-refractivity contribution in [2.75, 3.05) is 0 Å². The summed E-state index contributed by atoms with van der Waals surface area (Å²) < 4.78 is 1.58. The lowest BCUT2D eigenvalue weighted by atomic mass is 10.2. The van der Waals surface area contributed by atoms with Gasteiger partial charge in [0.15, 0.2) is 5.65 Å². The van der Waals surface area contributed by atoms with Crippen molar-refractivity contribution in [3.05, 3.63) is 48.0 Å². The smallest absolute Gasteiger partial charge is 0.157 e. The van der Waals surface area contributed by atoms with E-state index < -0.39 is 0 Å². The molecule has 0 saturated carbocycles. The molecule has 0 saturated heterocycles. The summed E-state index contributed by atoms with van der Waals surface area (Å²) in [5, 5.41) is 4.60. The van der Waals surface area contributed by atoms with E-state index >= 15 is 0 Å². The second-order valence-electron chi connectivity index (χ2n) is 3.31. The maximum absolute atomic E-state index is 6.09. The second kappa shape index (κ2) is 3.57. The van der Waals surface area contributed by atoms with Crippen LogP contribution in [0.3, 0.4) is 0 Å². The summed E-state index contributed by atoms with van der Waals surface area (Å²) in [5.74, 6) is 0. The molecular weight excluding hydrogens is 224 g/mol. The lowest BCUT2D eigenvalue weighted by Crippen LogP contribution is -1.94. The van der Waals surface area contributed by atoms with E-state index in [9.17, 15) is 0 Å². The van der Waals surface area contributed by atoms with Gasteiger partial charge >= 0.3 is 0 Å². The summed E-state index contributed by atoms with van der Waals surface area (Å²) in [4.78, 5) is 8.50. The van der Waals surface area contributed by atoms with E-state index in [1.807, 2.05) is 18.2 Å². The second-order valence-corrected chi connectivity index (χ2v) is 3.69. The highest BCUT2D eigenvalue weighted by Crippen LogP contribution is 2.20. The molecule has 16 heavy (non-hydrogen) atoms. The maximum Gasteiger partial charge on any atom is 0.157 e. The SMILES string of the molecule is Clc1cc(-c2cccnc2)nc2ccnn12. The van der Waals surface area contributed by atoms with Gasteiger partial charge in [-0.25, -0.2) is 9.50 Å². The van der Waals surface area contributed by atoms with Gasteiger partial charge in [0, 0.05) is 30.1 Å². The van der Waals surface area contributed by atoms with Crippen LogP contribution in [0.4, 0.5) is 0 Å². The molecule has 78 valence electrons. The first-order valence-corrected chi connectivity index (χ1v) is 5.13. The molecule has 0 bridgehead atoms. The van der Waals surface area contributed by atoms with Gasteiger partial charge < -0.3 is 0 Å². The van der Waals surface area contributed by atoms with E-state index in [0.717, 1.165) is 16.9 Å². The molecule has 0 fully saturated rings. The highest BCUT2D eigenvalue weighted by molar-refractivity contribution is 6.29. The van der Waals surface area contributed by atoms with Crippen LogP contribution in [0.1, 0.15) is 0 Å². The van der Waals surface area contributed by atoms with Crippen LogP contribution in [-0.4, -0.2) is 19.6 Å². The number of rotatable bonds is 1. The van der Waals surface area contributed by atoms with Crippen LogP contribution in [0, 0.1) is 0 Å². The molecule has 3 heterocycles. The van der Waals surface area contributed by atoms with E-state index in [4.69, 9.17) is 11.6 Å². The maximum atomic E-state index is 6.09. The summed E-state index contributed by atoms with van der Waals surface area (Å²) in [6.45, 7) is 0. The Bertz CT molecular complexity index is 633. The minimum atomic E-state index is 0.536. The van der Waals surface area contributed by atoms with E-state index in [1.165, 1.54) is 0 Å². The Morgan fingerprint density at radius 1 is 1.19 bits per heavy atom. The summed E-state index contributed by atoms with van der Waals surface area (Å²) >= 11 is 6.09. The van der Waals surface area contributed by atoms with Gasteiger partial charge in [-0.15, -0.1) is 0 Å². The van der Waals surface area contributed by atoms with E-state index in [-0.39, 0.29) is 0 Å². The Kier molecular flexibility index (Phi) is 2.08. The molecule has 0 aliphatic carbocycles. The zero-order valence-corrected chi connectivity index (χ0v) is 8.96. The number of hydrogen-bond donors (Lipinski definition) is 0. The van der Waals surface area contributed by atoms with Crippen LogP contribution in [-0.2, 0) is 0 Å². The molecule has 0 aliphatic heterocycles. The fourth-order valence-electron chi connectivity index (χ4n) is 1.54. The first-order chi connectivity index (χ1) is 7.84. The van der Waals surface area contributed by atoms with Crippen LogP contribution in [0.2, 0.25) is 5.15 Å². The Hall–Kier alpha value is -1.94. The number of fused-ring (bicyclic) bond motifs is 1. The zero-order valence-electron chi connectivity index (χ0n) is 8.21. The number of aromatic nitrogens is 4. The third-order valence-electron chi connectivity index (χ3n) is 2.27. The molecule has 4 nitrogen and oxygen atoms in total. The topological polar surface area (TPSA) is 43.1 Å². The number of hydrogen-bond acceptors (Lipinski definition) is 3. The Labute approximate surface area is 96.5 Å². The fraction of sp³-hybridized carbons (Fsp3) is 0. The zero-order chi connectivity index (χ0) is 11.0. The lowest BCUT2D eigenvalue weighted by molar-refractivity contribution is 0.941. The molecule has 3 aromatic rings. The van der Waals surface area contributed by atoms with Crippen molar-refractivity contribution in [1.29, 1.82) is 0 Å². The molecular formula is C11H7ClN4. The van der Waals surface area contributed by atoms with Gasteiger partial charge in [-0.3, -0.25) is 4.98 Å².